The second kappa shape index (κ2) is 3.38. The minimum absolute atomic E-state index is 0.414. The molecule has 1 N–H and O–H groups in total. The normalized spacial score (nSPS) is 9.54. The summed E-state index contributed by atoms with van der Waals surface area (Å²) in [5.41, 5.74) is 0. The molecule has 2 aromatic rings. The highest BCUT2D eigenvalue weighted by atomic mass is 15.5. The summed E-state index contributed by atoms with van der Waals surface area (Å²) in [7, 11) is 0. The van der Waals surface area contributed by atoms with Crippen LogP contribution in [0.5, 0.6) is 0 Å². The van der Waals surface area contributed by atoms with E-state index < -0.39 is 0 Å². The van der Waals surface area contributed by atoms with Crippen LogP contribution >= 0.6 is 0 Å². The third kappa shape index (κ3) is 1.83. The molecule has 0 atom stereocenters. The predicted octanol–water partition coefficient (Wildman–Crippen LogP) is -1.41. The van der Waals surface area contributed by atoms with Crippen molar-refractivity contribution in [2.75, 3.05) is 5.32 Å². The Kier molecular flexibility index (Phi) is 1.91. The van der Waals surface area contributed by atoms with Gasteiger partial charge in [0.15, 0.2) is 11.6 Å². The fourth-order valence-corrected chi connectivity index (χ4v) is 0.641. The van der Waals surface area contributed by atoms with Crippen LogP contribution < -0.4 is 5.32 Å². The van der Waals surface area contributed by atoms with Gasteiger partial charge < -0.3 is 5.32 Å². The number of rotatable bonds is 2. The molecule has 0 aliphatic carbocycles. The molecule has 0 aliphatic heterocycles. The van der Waals surface area contributed by atoms with Gasteiger partial charge >= 0.3 is 0 Å². The SMILES string of the molecule is c1nnnnc1Nc1cnnnn1. The molecular formula is C4H3N9. The van der Waals surface area contributed by atoms with Crippen molar-refractivity contribution in [3.63, 3.8) is 0 Å². The molecular weight excluding hydrogens is 174 g/mol. The summed E-state index contributed by atoms with van der Waals surface area (Å²) in [6.45, 7) is 0. The van der Waals surface area contributed by atoms with Gasteiger partial charge in [0.2, 0.25) is 0 Å². The van der Waals surface area contributed by atoms with Gasteiger partial charge in [0.25, 0.3) is 0 Å². The molecule has 0 spiro atoms. The van der Waals surface area contributed by atoms with Crippen molar-refractivity contribution in [2.24, 2.45) is 0 Å². The lowest BCUT2D eigenvalue weighted by atomic mass is 10.6. The Morgan fingerprint density at radius 1 is 0.769 bits per heavy atom. The van der Waals surface area contributed by atoms with Gasteiger partial charge in [-0.05, 0) is 20.9 Å². The van der Waals surface area contributed by atoms with E-state index in [1.54, 1.807) is 0 Å². The number of aromatic nitrogens is 8. The number of nitrogens with zero attached hydrogens (tertiary/aromatic N) is 8. The van der Waals surface area contributed by atoms with Crippen molar-refractivity contribution >= 4 is 11.6 Å². The second-order valence-corrected chi connectivity index (χ2v) is 1.94. The average molecular weight is 177 g/mol. The van der Waals surface area contributed by atoms with E-state index in [1.165, 1.54) is 12.4 Å². The maximum atomic E-state index is 3.62. The highest BCUT2D eigenvalue weighted by molar-refractivity contribution is 5.46. The second-order valence-electron chi connectivity index (χ2n) is 1.94. The molecule has 2 aromatic heterocycles. The van der Waals surface area contributed by atoms with E-state index in [1.807, 2.05) is 0 Å². The van der Waals surface area contributed by atoms with Crippen LogP contribution in [0.15, 0.2) is 12.4 Å². The lowest BCUT2D eigenvalue weighted by molar-refractivity contribution is 0.754. The van der Waals surface area contributed by atoms with Gasteiger partial charge in [0.05, 0.1) is 12.4 Å². The lowest BCUT2D eigenvalue weighted by Crippen LogP contribution is -2.02. The summed E-state index contributed by atoms with van der Waals surface area (Å²) < 4.78 is 0. The Hall–Kier alpha value is -2.32. The van der Waals surface area contributed by atoms with Gasteiger partial charge in [0.1, 0.15) is 0 Å². The Morgan fingerprint density at radius 2 is 1.31 bits per heavy atom. The van der Waals surface area contributed by atoms with E-state index in [2.05, 4.69) is 46.6 Å². The number of hydrogen-bond acceptors (Lipinski definition) is 9. The van der Waals surface area contributed by atoms with Crippen molar-refractivity contribution in [1.82, 2.24) is 41.2 Å². The van der Waals surface area contributed by atoms with Crippen molar-refractivity contribution in [3.8, 4) is 0 Å². The molecule has 9 nitrogen and oxygen atoms in total. The highest BCUT2D eigenvalue weighted by Gasteiger charge is 1.97. The van der Waals surface area contributed by atoms with Crippen LogP contribution in [0.25, 0.3) is 0 Å². The van der Waals surface area contributed by atoms with E-state index in [4.69, 9.17) is 0 Å². The monoisotopic (exact) mass is 177 g/mol. The number of nitrogens with one attached hydrogen (secondary N) is 1. The third-order valence-corrected chi connectivity index (χ3v) is 1.10. The number of anilines is 2. The predicted molar refractivity (Wildman–Crippen MR) is 38.5 cm³/mol. The Morgan fingerprint density at radius 3 is 1.69 bits per heavy atom. The first kappa shape index (κ1) is 7.34. The zero-order valence-electron chi connectivity index (χ0n) is 6.23. The summed E-state index contributed by atoms with van der Waals surface area (Å²) in [6.07, 6.45) is 2.80. The molecule has 2 rings (SSSR count). The standard InChI is InChI=1S/C4H3N9/c1-3(8-12-10-5-1)7-4-2-6-11-13-9-4/h1-2H,(H,7,8,9,10,11). The maximum Gasteiger partial charge on any atom is 0.176 e. The summed E-state index contributed by atoms with van der Waals surface area (Å²) in [6, 6.07) is 0. The molecule has 0 fully saturated rings. The van der Waals surface area contributed by atoms with Gasteiger partial charge in [-0.1, -0.05) is 0 Å². The van der Waals surface area contributed by atoms with Crippen LogP contribution in [0.4, 0.5) is 11.6 Å². The van der Waals surface area contributed by atoms with Gasteiger partial charge in [-0.3, -0.25) is 0 Å². The minimum Gasteiger partial charge on any atom is -0.319 e. The minimum atomic E-state index is 0.414. The van der Waals surface area contributed by atoms with E-state index in [0.717, 1.165) is 0 Å². The summed E-state index contributed by atoms with van der Waals surface area (Å²) in [4.78, 5) is 0. The van der Waals surface area contributed by atoms with E-state index in [9.17, 15) is 0 Å². The largest absolute Gasteiger partial charge is 0.319 e. The van der Waals surface area contributed by atoms with Crippen LogP contribution in [0.3, 0.4) is 0 Å². The Balaban J connectivity index is 2.16. The van der Waals surface area contributed by atoms with E-state index >= 15 is 0 Å². The molecule has 0 aromatic carbocycles. The zero-order valence-corrected chi connectivity index (χ0v) is 6.23. The fourth-order valence-electron chi connectivity index (χ4n) is 0.641. The Labute approximate surface area is 71.6 Å². The van der Waals surface area contributed by atoms with E-state index in [-0.39, 0.29) is 0 Å². The topological polar surface area (TPSA) is 115 Å². The van der Waals surface area contributed by atoms with Crippen molar-refractivity contribution < 1.29 is 0 Å². The maximum absolute atomic E-state index is 3.62. The summed E-state index contributed by atoms with van der Waals surface area (Å²) in [5, 5.41) is 30.2. The molecule has 0 bridgehead atoms. The molecule has 13 heavy (non-hydrogen) atoms. The van der Waals surface area contributed by atoms with Gasteiger partial charge in [-0.15, -0.1) is 20.4 Å². The van der Waals surface area contributed by atoms with Crippen LogP contribution in [0, 0.1) is 0 Å². The fraction of sp³-hybridized carbons (Fsp3) is 0. The quantitative estimate of drug-likeness (QED) is 0.590. The number of hydrogen-bond donors (Lipinski definition) is 1. The Bertz CT molecular complexity index is 322. The first-order chi connectivity index (χ1) is 6.45. The molecule has 0 amide bonds. The first-order valence-corrected chi connectivity index (χ1v) is 3.24. The van der Waals surface area contributed by atoms with Crippen LogP contribution in [-0.2, 0) is 0 Å². The van der Waals surface area contributed by atoms with Gasteiger partial charge in [-0.2, -0.15) is 0 Å². The summed E-state index contributed by atoms with van der Waals surface area (Å²) in [5.74, 6) is 0.828. The van der Waals surface area contributed by atoms with Crippen molar-refractivity contribution in [2.45, 2.75) is 0 Å². The smallest absolute Gasteiger partial charge is 0.176 e. The molecule has 9 heteroatoms. The molecule has 0 saturated carbocycles. The molecule has 0 radical (unpaired) electrons. The highest BCUT2D eigenvalue weighted by Crippen LogP contribution is 2.03. The molecule has 0 unspecified atom stereocenters. The molecule has 0 aliphatic rings. The summed E-state index contributed by atoms with van der Waals surface area (Å²) >= 11 is 0. The molecule has 2 heterocycles. The van der Waals surface area contributed by atoms with Crippen molar-refractivity contribution in [1.29, 1.82) is 0 Å². The van der Waals surface area contributed by atoms with Crippen molar-refractivity contribution in [3.05, 3.63) is 12.4 Å². The van der Waals surface area contributed by atoms with Gasteiger partial charge in [-0.25, -0.2) is 0 Å². The van der Waals surface area contributed by atoms with Crippen LogP contribution in [0.2, 0.25) is 0 Å². The third-order valence-electron chi connectivity index (χ3n) is 1.10. The first-order valence-electron chi connectivity index (χ1n) is 3.24. The lowest BCUT2D eigenvalue weighted by Gasteiger charge is -1.97. The van der Waals surface area contributed by atoms with Gasteiger partial charge in [0, 0.05) is 0 Å². The average Bonchev–Trinajstić information content (AvgIpc) is 2.21. The van der Waals surface area contributed by atoms with E-state index in [0.29, 0.717) is 11.6 Å². The zero-order chi connectivity index (χ0) is 8.93. The molecule has 64 valence electrons. The molecule has 0 saturated heterocycles. The van der Waals surface area contributed by atoms with Crippen LogP contribution in [-0.4, -0.2) is 41.2 Å². The van der Waals surface area contributed by atoms with Crippen LogP contribution in [0.1, 0.15) is 0 Å².